The van der Waals surface area contributed by atoms with E-state index in [9.17, 15) is 0 Å². The van der Waals surface area contributed by atoms with Crippen LogP contribution in [0.15, 0.2) is 194 Å². The number of para-hydroxylation sites is 2. The summed E-state index contributed by atoms with van der Waals surface area (Å²) in [5.74, 6) is 0. The summed E-state index contributed by atoms with van der Waals surface area (Å²) < 4.78 is 4.92. The third-order valence-electron chi connectivity index (χ3n) is 12.0. The molecular weight excluding hydrogens is 681 g/mol. The van der Waals surface area contributed by atoms with E-state index in [4.69, 9.17) is 0 Å². The van der Waals surface area contributed by atoms with Crippen LogP contribution >= 0.6 is 0 Å². The number of benzene rings is 9. The van der Waals surface area contributed by atoms with Crippen LogP contribution in [-0.4, -0.2) is 9.13 Å². The minimum atomic E-state index is -0.192. The smallest absolute Gasteiger partial charge is 0.160 e. The van der Waals surface area contributed by atoms with Crippen LogP contribution in [0.1, 0.15) is 23.5 Å². The van der Waals surface area contributed by atoms with Crippen LogP contribution in [0.25, 0.3) is 82.0 Å². The maximum Gasteiger partial charge on any atom is 0.160 e. The highest BCUT2D eigenvalue weighted by atomic mass is 15.3. The fraction of sp³-hybridized carbons (Fsp3) is 0.0385. The molecule has 1 aliphatic rings. The van der Waals surface area contributed by atoms with Gasteiger partial charge in [-0.3, -0.25) is 5.32 Å². The molecule has 9 aromatic carbocycles. The summed E-state index contributed by atoms with van der Waals surface area (Å²) in [6, 6.07) is 70.9. The summed E-state index contributed by atoms with van der Waals surface area (Å²) in [5, 5.41) is 18.1. The van der Waals surface area contributed by atoms with Crippen LogP contribution < -0.4 is 10.6 Å². The van der Waals surface area contributed by atoms with Crippen LogP contribution in [0.3, 0.4) is 0 Å². The van der Waals surface area contributed by atoms with Crippen LogP contribution in [0.5, 0.6) is 0 Å². The summed E-state index contributed by atoms with van der Waals surface area (Å²) in [7, 11) is 0. The van der Waals surface area contributed by atoms with E-state index in [0.29, 0.717) is 0 Å². The molecule has 2 unspecified atom stereocenters. The first-order valence-electron chi connectivity index (χ1n) is 19.4. The molecule has 0 amide bonds. The van der Waals surface area contributed by atoms with E-state index < -0.39 is 0 Å². The lowest BCUT2D eigenvalue weighted by Gasteiger charge is -2.36. The Morgan fingerprint density at radius 3 is 1.71 bits per heavy atom. The van der Waals surface area contributed by atoms with Crippen molar-refractivity contribution in [2.45, 2.75) is 12.3 Å². The van der Waals surface area contributed by atoms with Gasteiger partial charge in [-0.15, -0.1) is 0 Å². The highest BCUT2D eigenvalue weighted by molar-refractivity contribution is 6.28. The highest BCUT2D eigenvalue weighted by Gasteiger charge is 2.30. The van der Waals surface area contributed by atoms with Crippen LogP contribution in [0.2, 0.25) is 0 Å². The molecule has 11 aromatic rings. The Hall–Kier alpha value is -7.14. The van der Waals surface area contributed by atoms with Crippen LogP contribution in [0.4, 0.5) is 5.69 Å². The highest BCUT2D eigenvalue weighted by Crippen LogP contribution is 2.43. The van der Waals surface area contributed by atoms with Crippen LogP contribution in [-0.2, 0) is 0 Å². The van der Waals surface area contributed by atoms with Crippen LogP contribution in [0, 0.1) is 0 Å². The lowest BCUT2D eigenvalue weighted by molar-refractivity contribution is 0.417. The zero-order valence-corrected chi connectivity index (χ0v) is 30.5. The molecule has 264 valence electrons. The molecule has 2 atom stereocenters. The fourth-order valence-electron chi connectivity index (χ4n) is 9.46. The predicted molar refractivity (Wildman–Crippen MR) is 235 cm³/mol. The number of rotatable bonds is 4. The molecule has 12 rings (SSSR count). The number of anilines is 1. The van der Waals surface area contributed by atoms with Crippen molar-refractivity contribution in [2.24, 2.45) is 0 Å². The van der Waals surface area contributed by atoms with Gasteiger partial charge in [-0.05, 0) is 86.3 Å². The fourth-order valence-corrected chi connectivity index (χ4v) is 9.46. The number of hydrogen-bond acceptors (Lipinski definition) is 2. The number of hydrogen-bond donors (Lipinski definition) is 2. The average Bonchev–Trinajstić information content (AvgIpc) is 3.79. The second kappa shape index (κ2) is 12.2. The monoisotopic (exact) mass is 716 g/mol. The van der Waals surface area contributed by atoms with Gasteiger partial charge >= 0.3 is 0 Å². The standard InChI is InChI=1S/C52H36N4/c1-2-12-33(13-3-1)34-22-24-37(25-23-34)51-42-19-8-10-20-44(42)53-52(54-51)56-45-21-11-9-18-41(45)43-32-38(28-31-46(43)56)55-47-29-26-35-14-4-6-16-39(35)49(47)50-40-17-7-5-15-36(40)27-30-48(50)55/h1-32,51-54H. The van der Waals surface area contributed by atoms with Crippen molar-refractivity contribution in [3.05, 3.63) is 205 Å². The molecule has 0 aliphatic carbocycles. The maximum atomic E-state index is 4.04. The van der Waals surface area contributed by atoms with Gasteiger partial charge in [0.25, 0.3) is 0 Å². The van der Waals surface area contributed by atoms with Gasteiger partial charge in [-0.25, -0.2) is 0 Å². The summed E-state index contributed by atoms with van der Waals surface area (Å²) in [6.45, 7) is 0. The topological polar surface area (TPSA) is 33.9 Å². The first-order chi connectivity index (χ1) is 27.8. The largest absolute Gasteiger partial charge is 0.352 e. The van der Waals surface area contributed by atoms with Gasteiger partial charge in [0.2, 0.25) is 0 Å². The Balaban J connectivity index is 1.04. The third kappa shape index (κ3) is 4.63. The lowest BCUT2D eigenvalue weighted by Crippen LogP contribution is -2.40. The van der Waals surface area contributed by atoms with Gasteiger partial charge in [0, 0.05) is 32.9 Å². The Kier molecular flexibility index (Phi) is 6.80. The molecule has 0 saturated heterocycles. The Labute approximate surface area is 323 Å². The normalized spacial score (nSPS) is 15.6. The molecule has 56 heavy (non-hydrogen) atoms. The van der Waals surface area contributed by atoms with E-state index in [1.807, 2.05) is 0 Å². The van der Waals surface area contributed by atoms with E-state index in [1.165, 1.54) is 87.4 Å². The molecule has 0 spiro atoms. The summed E-state index contributed by atoms with van der Waals surface area (Å²) in [4.78, 5) is 0. The number of fused-ring (bicyclic) bond motifs is 11. The zero-order chi connectivity index (χ0) is 36.7. The van der Waals surface area contributed by atoms with E-state index in [0.717, 1.165) is 11.4 Å². The van der Waals surface area contributed by atoms with Gasteiger partial charge in [0.1, 0.15) is 0 Å². The quantitative estimate of drug-likeness (QED) is 0.190. The molecule has 0 bridgehead atoms. The molecule has 0 fully saturated rings. The van der Waals surface area contributed by atoms with Gasteiger partial charge in [0.05, 0.1) is 28.1 Å². The van der Waals surface area contributed by atoms with Crippen molar-refractivity contribution >= 4 is 70.8 Å². The van der Waals surface area contributed by atoms with Gasteiger partial charge in [-0.1, -0.05) is 152 Å². The predicted octanol–water partition coefficient (Wildman–Crippen LogP) is 13.1. The Morgan fingerprint density at radius 1 is 0.411 bits per heavy atom. The van der Waals surface area contributed by atoms with E-state index in [-0.39, 0.29) is 12.3 Å². The minimum Gasteiger partial charge on any atom is -0.352 e. The van der Waals surface area contributed by atoms with Crippen molar-refractivity contribution < 1.29 is 0 Å². The maximum absolute atomic E-state index is 4.04. The first-order valence-corrected chi connectivity index (χ1v) is 19.4. The molecule has 0 saturated carbocycles. The molecule has 4 heteroatoms. The molecule has 1 aliphatic heterocycles. The first kappa shape index (κ1) is 31.2. The van der Waals surface area contributed by atoms with Crippen molar-refractivity contribution in [3.63, 3.8) is 0 Å². The van der Waals surface area contributed by atoms with Gasteiger partial charge in [0.15, 0.2) is 6.29 Å². The van der Waals surface area contributed by atoms with Gasteiger partial charge in [-0.2, -0.15) is 0 Å². The van der Waals surface area contributed by atoms with Crippen molar-refractivity contribution in [3.8, 4) is 16.8 Å². The van der Waals surface area contributed by atoms with E-state index >= 15 is 0 Å². The van der Waals surface area contributed by atoms with Gasteiger partial charge < -0.3 is 14.5 Å². The molecule has 0 radical (unpaired) electrons. The van der Waals surface area contributed by atoms with E-state index in [1.54, 1.807) is 0 Å². The summed E-state index contributed by atoms with van der Waals surface area (Å²) in [5.41, 5.74) is 12.0. The Morgan fingerprint density at radius 2 is 0.982 bits per heavy atom. The number of nitrogens with zero attached hydrogens (tertiary/aromatic N) is 2. The van der Waals surface area contributed by atoms with Crippen molar-refractivity contribution in [2.75, 3.05) is 5.32 Å². The molecule has 2 aromatic heterocycles. The summed E-state index contributed by atoms with van der Waals surface area (Å²) in [6.07, 6.45) is -0.192. The molecule has 2 N–H and O–H groups in total. The third-order valence-corrected chi connectivity index (χ3v) is 12.0. The number of nitrogens with one attached hydrogen (secondary N) is 2. The average molecular weight is 717 g/mol. The number of aromatic nitrogens is 2. The van der Waals surface area contributed by atoms with E-state index in [2.05, 4.69) is 214 Å². The molecule has 3 heterocycles. The van der Waals surface area contributed by atoms with Crippen molar-refractivity contribution in [1.29, 1.82) is 0 Å². The SMILES string of the molecule is c1ccc(-c2ccc(C3NC(n4c5ccccc5c5cc(-n6c7ccc8ccccc8c7c7c8ccccc8ccc76)ccc54)Nc4ccccc43)cc2)cc1. The second-order valence-electron chi connectivity index (χ2n) is 15.0. The molecule has 4 nitrogen and oxygen atoms in total. The van der Waals surface area contributed by atoms with Crippen molar-refractivity contribution in [1.82, 2.24) is 14.5 Å². The Bertz CT molecular complexity index is 3220. The minimum absolute atomic E-state index is 0.00000720. The molecular formula is C52H36N4. The second-order valence-corrected chi connectivity index (χ2v) is 15.0. The lowest BCUT2D eigenvalue weighted by atomic mass is 9.93. The summed E-state index contributed by atoms with van der Waals surface area (Å²) >= 11 is 0. The zero-order valence-electron chi connectivity index (χ0n) is 30.5.